The number of halogens is 1. The van der Waals surface area contributed by atoms with E-state index >= 15 is 0 Å². The molecule has 0 spiro atoms. The van der Waals surface area contributed by atoms with Gasteiger partial charge in [-0.2, -0.15) is 0 Å². The summed E-state index contributed by atoms with van der Waals surface area (Å²) < 4.78 is 17.6. The van der Waals surface area contributed by atoms with Crippen LogP contribution in [0, 0.1) is 0 Å². The standard InChI is InChI=1S/C20H25BClNO4/c1-6-25-17(24)12-15(21-26-19(2,3)20(4,5)27-21)14-11-13-9-7-8-10-16(13)23-18(14)22/h7-11,15H,6,12H2,1-5H3. The maximum absolute atomic E-state index is 12.3. The van der Waals surface area contributed by atoms with E-state index in [2.05, 4.69) is 4.98 Å². The highest BCUT2D eigenvalue weighted by Crippen LogP contribution is 2.43. The molecule has 0 aliphatic carbocycles. The smallest absolute Gasteiger partial charge is 0.466 e. The topological polar surface area (TPSA) is 57.7 Å². The van der Waals surface area contributed by atoms with Gasteiger partial charge in [0.15, 0.2) is 0 Å². The van der Waals surface area contributed by atoms with Crippen LogP contribution in [0.1, 0.15) is 52.4 Å². The molecule has 1 atom stereocenters. The minimum absolute atomic E-state index is 0.102. The van der Waals surface area contributed by atoms with Crippen molar-refractivity contribution in [3.63, 3.8) is 0 Å². The van der Waals surface area contributed by atoms with Gasteiger partial charge in [0, 0.05) is 11.2 Å². The predicted molar refractivity (Wildman–Crippen MR) is 107 cm³/mol. The Labute approximate surface area is 165 Å². The number of benzene rings is 1. The SMILES string of the molecule is CCOC(=O)CC(B1OC(C)(C)C(C)(C)O1)c1cc2ccccc2nc1Cl. The highest BCUT2D eigenvalue weighted by Gasteiger charge is 2.54. The summed E-state index contributed by atoms with van der Waals surface area (Å²) in [7, 11) is -0.625. The first kappa shape index (κ1) is 20.1. The first-order chi connectivity index (χ1) is 12.6. The summed E-state index contributed by atoms with van der Waals surface area (Å²) in [5.41, 5.74) is 0.500. The Hall–Kier alpha value is -1.63. The van der Waals surface area contributed by atoms with Gasteiger partial charge in [-0.1, -0.05) is 29.8 Å². The zero-order valence-electron chi connectivity index (χ0n) is 16.4. The largest absolute Gasteiger partial charge is 0.466 e. The summed E-state index contributed by atoms with van der Waals surface area (Å²) in [6, 6.07) is 9.68. The lowest BCUT2D eigenvalue weighted by Gasteiger charge is -2.32. The summed E-state index contributed by atoms with van der Waals surface area (Å²) in [5.74, 6) is -0.740. The van der Waals surface area contributed by atoms with Crippen molar-refractivity contribution < 1.29 is 18.8 Å². The van der Waals surface area contributed by atoms with E-state index in [0.717, 1.165) is 16.5 Å². The van der Waals surface area contributed by atoms with Crippen molar-refractivity contribution in [1.82, 2.24) is 4.98 Å². The molecule has 0 amide bonds. The van der Waals surface area contributed by atoms with Crippen LogP contribution in [0.3, 0.4) is 0 Å². The van der Waals surface area contributed by atoms with Crippen LogP contribution in [0.25, 0.3) is 10.9 Å². The number of pyridine rings is 1. The number of para-hydroxylation sites is 1. The Bertz CT molecular complexity index is 839. The predicted octanol–water partition coefficient (Wildman–Crippen LogP) is 4.56. The molecule has 0 N–H and O–H groups in total. The molecule has 2 aromatic rings. The summed E-state index contributed by atoms with van der Waals surface area (Å²) >= 11 is 6.50. The molecular weight excluding hydrogens is 364 g/mol. The van der Waals surface area contributed by atoms with Crippen LogP contribution in [0.15, 0.2) is 30.3 Å². The monoisotopic (exact) mass is 389 g/mol. The minimum atomic E-state index is -0.625. The molecule has 1 aromatic heterocycles. The van der Waals surface area contributed by atoms with E-state index in [4.69, 9.17) is 25.6 Å². The van der Waals surface area contributed by atoms with Gasteiger partial charge in [0.2, 0.25) is 0 Å². The van der Waals surface area contributed by atoms with E-state index in [9.17, 15) is 4.79 Å². The molecule has 1 aliphatic heterocycles. The summed E-state index contributed by atoms with van der Waals surface area (Å²) in [6.45, 7) is 10.0. The summed E-state index contributed by atoms with van der Waals surface area (Å²) in [5, 5.41) is 1.29. The van der Waals surface area contributed by atoms with Crippen LogP contribution >= 0.6 is 11.6 Å². The van der Waals surface area contributed by atoms with Crippen molar-refractivity contribution >= 4 is 35.6 Å². The van der Waals surface area contributed by atoms with Gasteiger partial charge < -0.3 is 14.0 Å². The maximum Gasteiger partial charge on any atom is 0.466 e. The first-order valence-electron chi connectivity index (χ1n) is 9.21. The molecule has 3 rings (SSSR count). The van der Waals surface area contributed by atoms with Crippen molar-refractivity contribution in [2.75, 3.05) is 6.61 Å². The summed E-state index contributed by atoms with van der Waals surface area (Å²) in [4.78, 5) is 16.8. The van der Waals surface area contributed by atoms with Crippen molar-refractivity contribution in [3.8, 4) is 0 Å². The van der Waals surface area contributed by atoms with Gasteiger partial charge in [-0.25, -0.2) is 4.98 Å². The number of fused-ring (bicyclic) bond motifs is 1. The molecule has 2 heterocycles. The molecule has 1 aliphatic rings. The Balaban J connectivity index is 2.03. The third-order valence-electron chi connectivity index (χ3n) is 5.40. The van der Waals surface area contributed by atoms with Crippen LogP contribution in [-0.4, -0.2) is 35.9 Å². The van der Waals surface area contributed by atoms with E-state index in [1.807, 2.05) is 58.0 Å². The zero-order valence-corrected chi connectivity index (χ0v) is 17.2. The van der Waals surface area contributed by atoms with E-state index in [0.29, 0.717) is 11.8 Å². The molecule has 0 bridgehead atoms. The third kappa shape index (κ3) is 3.98. The van der Waals surface area contributed by atoms with E-state index < -0.39 is 24.1 Å². The Morgan fingerprint density at radius 1 is 1.22 bits per heavy atom. The average molecular weight is 390 g/mol. The Morgan fingerprint density at radius 3 is 2.48 bits per heavy atom. The first-order valence-corrected chi connectivity index (χ1v) is 9.59. The van der Waals surface area contributed by atoms with Gasteiger partial charge in [-0.3, -0.25) is 4.79 Å². The molecule has 144 valence electrons. The van der Waals surface area contributed by atoms with Crippen LogP contribution in [-0.2, 0) is 18.8 Å². The van der Waals surface area contributed by atoms with Gasteiger partial charge in [0.25, 0.3) is 0 Å². The lowest BCUT2D eigenvalue weighted by atomic mass is 9.66. The highest BCUT2D eigenvalue weighted by molar-refractivity contribution is 6.48. The molecule has 1 unspecified atom stereocenters. The fourth-order valence-corrected chi connectivity index (χ4v) is 3.46. The number of ether oxygens (including phenoxy) is 1. The van der Waals surface area contributed by atoms with Gasteiger partial charge >= 0.3 is 13.1 Å². The number of aromatic nitrogens is 1. The van der Waals surface area contributed by atoms with Crippen LogP contribution < -0.4 is 0 Å². The Kier molecular flexibility index (Phi) is 5.53. The number of hydrogen-bond donors (Lipinski definition) is 0. The lowest BCUT2D eigenvalue weighted by molar-refractivity contribution is -0.143. The Morgan fingerprint density at radius 2 is 1.85 bits per heavy atom. The van der Waals surface area contributed by atoms with Crippen LogP contribution in [0.2, 0.25) is 5.15 Å². The van der Waals surface area contributed by atoms with Crippen LogP contribution in [0.4, 0.5) is 0 Å². The van der Waals surface area contributed by atoms with Crippen LogP contribution in [0.5, 0.6) is 0 Å². The minimum Gasteiger partial charge on any atom is -0.466 e. The molecule has 1 aromatic carbocycles. The second-order valence-electron chi connectivity index (χ2n) is 7.80. The van der Waals surface area contributed by atoms with E-state index in [1.54, 1.807) is 6.92 Å². The normalized spacial score (nSPS) is 19.3. The molecule has 5 nitrogen and oxygen atoms in total. The fourth-order valence-electron chi connectivity index (χ4n) is 3.17. The average Bonchev–Trinajstić information content (AvgIpc) is 2.80. The maximum atomic E-state index is 12.3. The number of nitrogens with zero attached hydrogens (tertiary/aromatic N) is 1. The molecule has 0 radical (unpaired) electrons. The molecular formula is C20H25BClNO4. The number of hydrogen-bond acceptors (Lipinski definition) is 5. The molecule has 1 fully saturated rings. The van der Waals surface area contributed by atoms with Gasteiger partial charge in [-0.15, -0.1) is 0 Å². The summed E-state index contributed by atoms with van der Waals surface area (Å²) in [6.07, 6.45) is 0.102. The van der Waals surface area contributed by atoms with Crippen molar-refractivity contribution in [2.24, 2.45) is 0 Å². The molecule has 27 heavy (non-hydrogen) atoms. The fraction of sp³-hybridized carbons (Fsp3) is 0.500. The van der Waals surface area contributed by atoms with E-state index in [-0.39, 0.29) is 12.4 Å². The van der Waals surface area contributed by atoms with Gasteiger partial charge in [-0.05, 0) is 52.3 Å². The number of carbonyl (C=O) groups excluding carboxylic acids is 1. The number of rotatable bonds is 5. The second kappa shape index (κ2) is 7.42. The molecule has 0 saturated carbocycles. The quantitative estimate of drug-likeness (QED) is 0.426. The van der Waals surface area contributed by atoms with E-state index in [1.165, 1.54) is 0 Å². The van der Waals surface area contributed by atoms with Gasteiger partial charge in [0.1, 0.15) is 5.15 Å². The van der Waals surface area contributed by atoms with Crippen molar-refractivity contribution in [3.05, 3.63) is 41.0 Å². The zero-order chi connectivity index (χ0) is 19.8. The third-order valence-corrected chi connectivity index (χ3v) is 5.70. The number of esters is 1. The van der Waals surface area contributed by atoms with Crippen molar-refractivity contribution in [2.45, 2.75) is 58.1 Å². The molecule has 7 heteroatoms. The number of carbonyl (C=O) groups is 1. The second-order valence-corrected chi connectivity index (χ2v) is 8.16. The molecule has 1 saturated heterocycles. The van der Waals surface area contributed by atoms with Gasteiger partial charge in [0.05, 0.1) is 29.7 Å². The lowest BCUT2D eigenvalue weighted by Crippen LogP contribution is -2.41. The highest BCUT2D eigenvalue weighted by atomic mass is 35.5. The van der Waals surface area contributed by atoms with Crippen molar-refractivity contribution in [1.29, 1.82) is 0 Å².